The second-order valence-corrected chi connectivity index (χ2v) is 5.74. The van der Waals surface area contributed by atoms with E-state index in [1.54, 1.807) is 30.8 Å². The predicted molar refractivity (Wildman–Crippen MR) is 89.7 cm³/mol. The summed E-state index contributed by atoms with van der Waals surface area (Å²) in [5.41, 5.74) is 8.05. The lowest BCUT2D eigenvalue weighted by Gasteiger charge is -2.15. The molecule has 6 heteroatoms. The number of nitrogens with two attached hydrogens (primary N) is 1. The zero-order valence-corrected chi connectivity index (χ0v) is 13.5. The summed E-state index contributed by atoms with van der Waals surface area (Å²) in [7, 11) is 0. The lowest BCUT2D eigenvalue weighted by atomic mass is 10.1. The van der Waals surface area contributed by atoms with Crippen LogP contribution in [0.5, 0.6) is 0 Å². The van der Waals surface area contributed by atoms with Gasteiger partial charge < -0.3 is 16.4 Å². The summed E-state index contributed by atoms with van der Waals surface area (Å²) >= 11 is 1.66. The summed E-state index contributed by atoms with van der Waals surface area (Å²) in [5.74, 6) is 0.588. The Morgan fingerprint density at radius 3 is 2.48 bits per heavy atom. The molecule has 116 valence electrons. The number of carbonyl (C=O) groups is 2. The number of rotatable bonds is 7. The quantitative estimate of drug-likeness (QED) is 0.722. The third-order valence-electron chi connectivity index (χ3n) is 3.16. The SMILES string of the molecule is CCC(=O)Nc1cccc(NC(=O)[C@H](N)CCSC)c1C. The van der Waals surface area contributed by atoms with Crippen molar-refractivity contribution in [2.24, 2.45) is 5.73 Å². The molecule has 0 aliphatic carbocycles. The molecule has 0 saturated carbocycles. The highest BCUT2D eigenvalue weighted by Crippen LogP contribution is 2.23. The van der Waals surface area contributed by atoms with Crippen LogP contribution in [0.3, 0.4) is 0 Å². The third kappa shape index (κ3) is 5.40. The van der Waals surface area contributed by atoms with E-state index in [9.17, 15) is 9.59 Å². The molecule has 1 rings (SSSR count). The maximum Gasteiger partial charge on any atom is 0.241 e. The Bertz CT molecular complexity index is 506. The number of amides is 2. The molecule has 0 radical (unpaired) electrons. The van der Waals surface area contributed by atoms with Crippen molar-refractivity contribution in [3.63, 3.8) is 0 Å². The molecule has 21 heavy (non-hydrogen) atoms. The van der Waals surface area contributed by atoms with Gasteiger partial charge in [-0.05, 0) is 43.0 Å². The highest BCUT2D eigenvalue weighted by molar-refractivity contribution is 7.98. The summed E-state index contributed by atoms with van der Waals surface area (Å²) in [4.78, 5) is 23.5. The highest BCUT2D eigenvalue weighted by Gasteiger charge is 2.15. The molecule has 0 saturated heterocycles. The number of thioether (sulfide) groups is 1. The number of hydrogen-bond acceptors (Lipinski definition) is 4. The van der Waals surface area contributed by atoms with Gasteiger partial charge >= 0.3 is 0 Å². The van der Waals surface area contributed by atoms with Crippen molar-refractivity contribution in [2.45, 2.75) is 32.7 Å². The van der Waals surface area contributed by atoms with E-state index in [0.29, 0.717) is 24.2 Å². The molecule has 2 amide bonds. The third-order valence-corrected chi connectivity index (χ3v) is 3.80. The fourth-order valence-electron chi connectivity index (χ4n) is 1.75. The standard InChI is InChI=1S/C15H23N3O2S/c1-4-14(19)17-12-6-5-7-13(10(12)2)18-15(20)11(16)8-9-21-3/h5-7,11H,4,8-9,16H2,1-3H3,(H,17,19)(H,18,20)/t11-/m1/s1. The van der Waals surface area contributed by atoms with Crippen molar-refractivity contribution < 1.29 is 9.59 Å². The average molecular weight is 309 g/mol. The molecular weight excluding hydrogens is 286 g/mol. The van der Waals surface area contributed by atoms with Gasteiger partial charge in [-0.3, -0.25) is 9.59 Å². The Hall–Kier alpha value is -1.53. The molecular formula is C15H23N3O2S. The first-order valence-electron chi connectivity index (χ1n) is 6.94. The first-order valence-corrected chi connectivity index (χ1v) is 8.33. The van der Waals surface area contributed by atoms with E-state index in [1.165, 1.54) is 0 Å². The van der Waals surface area contributed by atoms with Crippen LogP contribution in [0.2, 0.25) is 0 Å². The normalized spacial score (nSPS) is 11.8. The van der Waals surface area contributed by atoms with Crippen LogP contribution >= 0.6 is 11.8 Å². The van der Waals surface area contributed by atoms with Crippen LogP contribution in [-0.2, 0) is 9.59 Å². The van der Waals surface area contributed by atoms with E-state index in [1.807, 2.05) is 19.2 Å². The second-order valence-electron chi connectivity index (χ2n) is 4.76. The zero-order valence-electron chi connectivity index (χ0n) is 12.7. The van der Waals surface area contributed by atoms with Gasteiger partial charge in [0.25, 0.3) is 0 Å². The topological polar surface area (TPSA) is 84.2 Å². The highest BCUT2D eigenvalue weighted by atomic mass is 32.2. The van der Waals surface area contributed by atoms with Crippen LogP contribution in [-0.4, -0.2) is 29.9 Å². The first kappa shape index (κ1) is 17.5. The van der Waals surface area contributed by atoms with Crippen LogP contribution in [0.25, 0.3) is 0 Å². The molecule has 0 bridgehead atoms. The summed E-state index contributed by atoms with van der Waals surface area (Å²) in [6.07, 6.45) is 3.03. The maximum absolute atomic E-state index is 12.0. The van der Waals surface area contributed by atoms with E-state index in [-0.39, 0.29) is 11.8 Å². The summed E-state index contributed by atoms with van der Waals surface area (Å²) < 4.78 is 0. The van der Waals surface area contributed by atoms with Crippen molar-refractivity contribution in [3.8, 4) is 0 Å². The minimum Gasteiger partial charge on any atom is -0.326 e. The Balaban J connectivity index is 2.77. The number of nitrogens with one attached hydrogen (secondary N) is 2. The monoisotopic (exact) mass is 309 g/mol. The van der Waals surface area contributed by atoms with Gasteiger partial charge in [-0.2, -0.15) is 11.8 Å². The van der Waals surface area contributed by atoms with E-state index in [4.69, 9.17) is 5.73 Å². The Morgan fingerprint density at radius 1 is 1.29 bits per heavy atom. The van der Waals surface area contributed by atoms with E-state index >= 15 is 0 Å². The average Bonchev–Trinajstić information content (AvgIpc) is 2.48. The minimum absolute atomic E-state index is 0.0572. The predicted octanol–water partition coefficient (Wildman–Crippen LogP) is 2.36. The van der Waals surface area contributed by atoms with Crippen LogP contribution in [0, 0.1) is 6.92 Å². The molecule has 0 aliphatic heterocycles. The molecule has 0 aliphatic rings. The summed E-state index contributed by atoms with van der Waals surface area (Å²) in [6, 6.07) is 4.88. The van der Waals surface area contributed by atoms with Gasteiger partial charge in [0.1, 0.15) is 0 Å². The van der Waals surface area contributed by atoms with Crippen LogP contribution in [0.1, 0.15) is 25.3 Å². The molecule has 1 aromatic rings. The van der Waals surface area contributed by atoms with Crippen molar-refractivity contribution >= 4 is 35.0 Å². The first-order chi connectivity index (χ1) is 9.99. The van der Waals surface area contributed by atoms with Gasteiger partial charge in [-0.15, -0.1) is 0 Å². The number of benzene rings is 1. The molecule has 1 atom stereocenters. The largest absolute Gasteiger partial charge is 0.326 e. The Labute approximate surface area is 130 Å². The van der Waals surface area contributed by atoms with Gasteiger partial charge in [-0.25, -0.2) is 0 Å². The summed E-state index contributed by atoms with van der Waals surface area (Å²) in [6.45, 7) is 3.65. The maximum atomic E-state index is 12.0. The lowest BCUT2D eigenvalue weighted by molar-refractivity contribution is -0.117. The number of carbonyl (C=O) groups excluding carboxylic acids is 2. The van der Waals surface area contributed by atoms with Gasteiger partial charge in [0.05, 0.1) is 6.04 Å². The van der Waals surface area contributed by atoms with Crippen molar-refractivity contribution in [1.29, 1.82) is 0 Å². The zero-order chi connectivity index (χ0) is 15.8. The fourth-order valence-corrected chi connectivity index (χ4v) is 2.24. The van der Waals surface area contributed by atoms with E-state index < -0.39 is 6.04 Å². The van der Waals surface area contributed by atoms with Crippen LogP contribution in [0.15, 0.2) is 18.2 Å². The van der Waals surface area contributed by atoms with Crippen LogP contribution in [0.4, 0.5) is 11.4 Å². The lowest BCUT2D eigenvalue weighted by Crippen LogP contribution is -2.36. The molecule has 0 unspecified atom stereocenters. The molecule has 5 nitrogen and oxygen atoms in total. The molecule has 0 fully saturated rings. The number of hydrogen-bond donors (Lipinski definition) is 3. The van der Waals surface area contributed by atoms with Gasteiger partial charge in [0.2, 0.25) is 11.8 Å². The Kier molecular flexibility index (Phi) is 7.25. The van der Waals surface area contributed by atoms with Gasteiger partial charge in [0, 0.05) is 17.8 Å². The fraction of sp³-hybridized carbons (Fsp3) is 0.467. The molecule has 4 N–H and O–H groups in total. The van der Waals surface area contributed by atoms with Gasteiger partial charge in [-0.1, -0.05) is 13.0 Å². The van der Waals surface area contributed by atoms with Crippen molar-refractivity contribution in [1.82, 2.24) is 0 Å². The summed E-state index contributed by atoms with van der Waals surface area (Å²) in [5, 5.41) is 5.64. The van der Waals surface area contributed by atoms with Gasteiger partial charge in [0.15, 0.2) is 0 Å². The van der Waals surface area contributed by atoms with Crippen LogP contribution < -0.4 is 16.4 Å². The van der Waals surface area contributed by atoms with E-state index in [0.717, 1.165) is 11.3 Å². The molecule has 0 heterocycles. The molecule has 1 aromatic carbocycles. The minimum atomic E-state index is -0.522. The smallest absolute Gasteiger partial charge is 0.241 e. The molecule has 0 aromatic heterocycles. The van der Waals surface area contributed by atoms with Crippen molar-refractivity contribution in [3.05, 3.63) is 23.8 Å². The van der Waals surface area contributed by atoms with E-state index in [2.05, 4.69) is 10.6 Å². The number of anilines is 2. The van der Waals surface area contributed by atoms with Crippen molar-refractivity contribution in [2.75, 3.05) is 22.6 Å². The Morgan fingerprint density at radius 2 is 1.90 bits per heavy atom. The molecule has 0 spiro atoms. The second kappa shape index (κ2) is 8.69.